The number of hydrogen-bond donors (Lipinski definition) is 1. The summed E-state index contributed by atoms with van der Waals surface area (Å²) >= 11 is 3.28. The average molecular weight is 283 g/mol. The molecule has 1 aromatic carbocycles. The minimum absolute atomic E-state index is 0.0752. The molecular weight excluding hydrogens is 275 g/mol. The van der Waals surface area contributed by atoms with E-state index in [1.54, 1.807) is 18.2 Å². The third kappa shape index (κ3) is 2.30. The predicted molar refractivity (Wildman–Crippen MR) is 62.8 cm³/mol. The maximum Gasteiger partial charge on any atom is 0.255 e. The highest BCUT2D eigenvalue weighted by Gasteiger charge is 2.08. The fourth-order valence-electron chi connectivity index (χ4n) is 1.15. The lowest BCUT2D eigenvalue weighted by Crippen LogP contribution is -1.93. The Morgan fingerprint density at radius 2 is 2.12 bits per heavy atom. The monoisotopic (exact) mass is 282 g/mol. The van der Waals surface area contributed by atoms with Crippen LogP contribution in [-0.2, 0) is 0 Å². The molecule has 0 aliphatic carbocycles. The largest absolute Gasteiger partial charge is 0.435 e. The first kappa shape index (κ1) is 10.9. The first-order chi connectivity index (χ1) is 7.66. The van der Waals surface area contributed by atoms with Crippen LogP contribution in [0.1, 0.15) is 0 Å². The Hall–Kier alpha value is -1.62. The summed E-state index contributed by atoms with van der Waals surface area (Å²) in [5, 5.41) is 0. The zero-order chi connectivity index (χ0) is 11.5. The second-order valence-corrected chi connectivity index (χ2v) is 3.94. The van der Waals surface area contributed by atoms with Crippen molar-refractivity contribution in [3.63, 3.8) is 0 Å². The van der Waals surface area contributed by atoms with Gasteiger partial charge in [0.25, 0.3) is 5.88 Å². The molecule has 0 aliphatic heterocycles. The molecule has 0 saturated heterocycles. The number of pyridine rings is 1. The highest BCUT2D eigenvalue weighted by Crippen LogP contribution is 2.31. The van der Waals surface area contributed by atoms with E-state index in [0.717, 1.165) is 0 Å². The number of anilines is 1. The van der Waals surface area contributed by atoms with Gasteiger partial charge in [-0.2, -0.15) is 0 Å². The van der Waals surface area contributed by atoms with Crippen LogP contribution in [0.5, 0.6) is 11.6 Å². The molecule has 0 amide bonds. The molecule has 2 rings (SSSR count). The maximum atomic E-state index is 13.3. The molecule has 0 unspecified atom stereocenters. The maximum absolute atomic E-state index is 13.3. The van der Waals surface area contributed by atoms with Gasteiger partial charge in [-0.15, -0.1) is 0 Å². The Labute approximate surface area is 100 Å². The minimum Gasteiger partial charge on any atom is -0.435 e. The minimum atomic E-state index is -0.517. The molecule has 82 valence electrons. The number of ether oxygens (including phenoxy) is 1. The molecular formula is C11H8BrFN2O. The number of halogens is 2. The molecule has 0 bridgehead atoms. The molecule has 0 fully saturated rings. The lowest BCUT2D eigenvalue weighted by atomic mass is 10.3. The van der Waals surface area contributed by atoms with Gasteiger partial charge in [0, 0.05) is 18.0 Å². The summed E-state index contributed by atoms with van der Waals surface area (Å²) in [5.74, 6) is -0.164. The van der Waals surface area contributed by atoms with Crippen LogP contribution in [0.25, 0.3) is 0 Å². The van der Waals surface area contributed by atoms with Crippen molar-refractivity contribution in [3.05, 3.63) is 46.8 Å². The third-order valence-electron chi connectivity index (χ3n) is 1.89. The van der Waals surface area contributed by atoms with E-state index in [1.165, 1.54) is 18.3 Å². The van der Waals surface area contributed by atoms with Crippen molar-refractivity contribution in [1.82, 2.24) is 4.98 Å². The summed E-state index contributed by atoms with van der Waals surface area (Å²) in [6, 6.07) is 7.81. The highest BCUT2D eigenvalue weighted by molar-refractivity contribution is 9.10. The molecule has 0 radical (unpaired) electrons. The van der Waals surface area contributed by atoms with Gasteiger partial charge in [-0.25, -0.2) is 9.37 Å². The molecule has 1 aromatic heterocycles. The first-order valence-electron chi connectivity index (χ1n) is 4.50. The van der Waals surface area contributed by atoms with Crippen molar-refractivity contribution in [2.24, 2.45) is 0 Å². The Morgan fingerprint density at radius 3 is 2.88 bits per heavy atom. The normalized spacial score (nSPS) is 10.1. The van der Waals surface area contributed by atoms with Crippen molar-refractivity contribution in [2.75, 3.05) is 5.73 Å². The lowest BCUT2D eigenvalue weighted by molar-refractivity contribution is 0.421. The van der Waals surface area contributed by atoms with Crippen LogP contribution >= 0.6 is 15.9 Å². The Kier molecular flexibility index (Phi) is 3.05. The van der Waals surface area contributed by atoms with Gasteiger partial charge in [0.1, 0.15) is 5.75 Å². The van der Waals surface area contributed by atoms with Crippen molar-refractivity contribution in [2.45, 2.75) is 0 Å². The third-order valence-corrected chi connectivity index (χ3v) is 2.54. The second kappa shape index (κ2) is 4.49. The fourth-order valence-corrected chi connectivity index (χ4v) is 1.48. The Bertz CT molecular complexity index is 519. The summed E-state index contributed by atoms with van der Waals surface area (Å²) in [6.07, 6.45) is 1.46. The zero-order valence-electron chi connectivity index (χ0n) is 8.15. The second-order valence-electron chi connectivity index (χ2n) is 3.08. The van der Waals surface area contributed by atoms with Crippen molar-refractivity contribution in [1.29, 1.82) is 0 Å². The van der Waals surface area contributed by atoms with Gasteiger partial charge in [-0.1, -0.05) is 0 Å². The number of rotatable bonds is 2. The topological polar surface area (TPSA) is 48.1 Å². The molecule has 2 aromatic rings. The van der Waals surface area contributed by atoms with Crippen molar-refractivity contribution < 1.29 is 9.13 Å². The zero-order valence-corrected chi connectivity index (χ0v) is 9.74. The molecule has 3 nitrogen and oxygen atoms in total. The van der Waals surface area contributed by atoms with Gasteiger partial charge in [-0.05, 0) is 40.2 Å². The summed E-state index contributed by atoms with van der Waals surface area (Å²) in [5.41, 5.74) is 6.14. The highest BCUT2D eigenvalue weighted by atomic mass is 79.9. The fraction of sp³-hybridized carbons (Fsp3) is 0. The van der Waals surface area contributed by atoms with Gasteiger partial charge in [-0.3, -0.25) is 0 Å². The number of benzene rings is 1. The molecule has 0 saturated carbocycles. The lowest BCUT2D eigenvalue weighted by Gasteiger charge is -2.07. The number of nitrogen functional groups attached to an aromatic ring is 1. The van der Waals surface area contributed by atoms with Gasteiger partial charge in [0.05, 0.1) is 4.47 Å². The number of nitrogens with zero attached hydrogens (tertiary/aromatic N) is 1. The van der Waals surface area contributed by atoms with Crippen molar-refractivity contribution in [3.8, 4) is 11.6 Å². The molecule has 16 heavy (non-hydrogen) atoms. The van der Waals surface area contributed by atoms with Crippen LogP contribution in [0.15, 0.2) is 41.0 Å². The smallest absolute Gasteiger partial charge is 0.255 e. The van der Waals surface area contributed by atoms with Gasteiger partial charge < -0.3 is 10.5 Å². The van der Waals surface area contributed by atoms with Gasteiger partial charge in [0.2, 0.25) is 0 Å². The van der Waals surface area contributed by atoms with Crippen LogP contribution < -0.4 is 10.5 Å². The van der Waals surface area contributed by atoms with E-state index in [9.17, 15) is 4.39 Å². The van der Waals surface area contributed by atoms with Crippen LogP contribution in [0.3, 0.4) is 0 Å². The molecule has 2 N–H and O–H groups in total. The summed E-state index contributed by atoms with van der Waals surface area (Å²) in [6.45, 7) is 0. The summed E-state index contributed by atoms with van der Waals surface area (Å²) < 4.78 is 19.3. The summed E-state index contributed by atoms with van der Waals surface area (Å²) in [7, 11) is 0. The van der Waals surface area contributed by atoms with Gasteiger partial charge in [0.15, 0.2) is 5.82 Å². The van der Waals surface area contributed by atoms with Crippen LogP contribution in [0, 0.1) is 5.82 Å². The van der Waals surface area contributed by atoms with E-state index < -0.39 is 5.82 Å². The quantitative estimate of drug-likeness (QED) is 0.860. The predicted octanol–water partition coefficient (Wildman–Crippen LogP) is 3.36. The van der Waals surface area contributed by atoms with Crippen LogP contribution in [0.4, 0.5) is 10.1 Å². The molecule has 0 aliphatic rings. The number of aromatic nitrogens is 1. The Morgan fingerprint density at radius 1 is 1.31 bits per heavy atom. The van der Waals surface area contributed by atoms with E-state index in [1.807, 2.05) is 0 Å². The van der Waals surface area contributed by atoms with Crippen molar-refractivity contribution >= 4 is 21.6 Å². The van der Waals surface area contributed by atoms with E-state index in [4.69, 9.17) is 10.5 Å². The van der Waals surface area contributed by atoms with Gasteiger partial charge >= 0.3 is 0 Å². The number of hydrogen-bond acceptors (Lipinski definition) is 3. The standard InChI is InChI=1S/C11H8BrFN2O/c12-8-4-3-7(14)6-10(8)16-11-9(13)2-1-5-15-11/h1-6H,14H2. The van der Waals surface area contributed by atoms with E-state index in [0.29, 0.717) is 15.9 Å². The van der Waals surface area contributed by atoms with E-state index in [-0.39, 0.29) is 5.88 Å². The molecule has 0 atom stereocenters. The first-order valence-corrected chi connectivity index (χ1v) is 5.29. The number of nitrogens with two attached hydrogens (primary N) is 1. The molecule has 0 spiro atoms. The van der Waals surface area contributed by atoms with Crippen LogP contribution in [0.2, 0.25) is 0 Å². The Balaban J connectivity index is 2.34. The van der Waals surface area contributed by atoms with E-state index >= 15 is 0 Å². The molecule has 5 heteroatoms. The van der Waals surface area contributed by atoms with E-state index in [2.05, 4.69) is 20.9 Å². The summed E-state index contributed by atoms with van der Waals surface area (Å²) in [4.78, 5) is 3.79. The SMILES string of the molecule is Nc1ccc(Br)c(Oc2ncccc2F)c1. The van der Waals surface area contributed by atoms with Crippen LogP contribution in [-0.4, -0.2) is 4.98 Å². The molecule has 1 heterocycles. The average Bonchev–Trinajstić information content (AvgIpc) is 2.27.